The third-order valence-electron chi connectivity index (χ3n) is 9.04. The fourth-order valence-corrected chi connectivity index (χ4v) is 8.76. The highest BCUT2D eigenvalue weighted by Crippen LogP contribution is 3.05. The monoisotopic (exact) mass is 258 g/mol. The van der Waals surface area contributed by atoms with Crippen LogP contribution in [0.5, 0.6) is 0 Å². The minimum atomic E-state index is 0.854. The smallest absolute Gasteiger partial charge is 0.0173 e. The number of rotatable bonds is 6. The average Bonchev–Trinajstić information content (AvgIpc) is 2.74. The number of unbranched alkanes of at least 4 members (excludes halogenated alkanes) is 2. The van der Waals surface area contributed by atoms with Gasteiger partial charge in [-0.2, -0.15) is 0 Å². The van der Waals surface area contributed by atoms with Gasteiger partial charge in [0.1, 0.15) is 0 Å². The molecule has 5 rings (SSSR count). The molecule has 3 spiro atoms. The van der Waals surface area contributed by atoms with Crippen LogP contribution in [0.3, 0.4) is 0 Å². The van der Waals surface area contributed by atoms with E-state index in [4.69, 9.17) is 0 Å². The van der Waals surface area contributed by atoms with Crippen molar-refractivity contribution in [3.05, 3.63) is 0 Å². The molecule has 0 aromatic carbocycles. The van der Waals surface area contributed by atoms with E-state index in [-0.39, 0.29) is 0 Å². The van der Waals surface area contributed by atoms with Crippen molar-refractivity contribution in [3.8, 4) is 0 Å². The molecule has 0 N–H and O–H groups in total. The summed E-state index contributed by atoms with van der Waals surface area (Å²) >= 11 is 0. The van der Waals surface area contributed by atoms with E-state index in [1.165, 1.54) is 25.7 Å². The zero-order valence-electron chi connectivity index (χ0n) is 13.0. The molecule has 5 aliphatic carbocycles. The summed E-state index contributed by atoms with van der Waals surface area (Å²) in [6.07, 6.45) is 19.1. The van der Waals surface area contributed by atoms with Crippen molar-refractivity contribution in [2.45, 2.75) is 90.9 Å². The second kappa shape index (κ2) is 2.95. The fourth-order valence-electron chi connectivity index (χ4n) is 8.76. The van der Waals surface area contributed by atoms with Crippen LogP contribution in [-0.2, 0) is 0 Å². The third-order valence-corrected chi connectivity index (χ3v) is 9.04. The Balaban J connectivity index is 1.51. The maximum Gasteiger partial charge on any atom is -0.0173 e. The van der Waals surface area contributed by atoms with Crippen molar-refractivity contribution < 1.29 is 0 Å². The first-order chi connectivity index (χ1) is 9.11. The highest BCUT2D eigenvalue weighted by Gasteiger charge is 2.96. The molecule has 0 heteroatoms. The van der Waals surface area contributed by atoms with Crippen molar-refractivity contribution in [2.24, 2.45) is 27.1 Å². The molecule has 0 radical (unpaired) electrons. The largest absolute Gasteiger partial charge is 0.0654 e. The van der Waals surface area contributed by atoms with Crippen LogP contribution in [0.25, 0.3) is 0 Å². The van der Waals surface area contributed by atoms with Crippen LogP contribution in [0.2, 0.25) is 0 Å². The molecule has 0 nitrogen and oxygen atoms in total. The van der Waals surface area contributed by atoms with Crippen LogP contribution < -0.4 is 0 Å². The predicted molar refractivity (Wildman–Crippen MR) is 78.9 cm³/mol. The van der Waals surface area contributed by atoms with E-state index in [2.05, 4.69) is 13.8 Å². The summed E-state index contributed by atoms with van der Waals surface area (Å²) in [7, 11) is 0. The van der Waals surface area contributed by atoms with E-state index >= 15 is 0 Å². The van der Waals surface area contributed by atoms with E-state index in [1.807, 2.05) is 0 Å². The van der Waals surface area contributed by atoms with Crippen molar-refractivity contribution in [2.75, 3.05) is 0 Å². The lowest BCUT2D eigenvalue weighted by Gasteiger charge is -2.67. The van der Waals surface area contributed by atoms with Crippen LogP contribution in [0.15, 0.2) is 0 Å². The van der Waals surface area contributed by atoms with Gasteiger partial charge in [-0.25, -0.2) is 0 Å². The van der Waals surface area contributed by atoms with Crippen LogP contribution >= 0.6 is 0 Å². The summed E-state index contributed by atoms with van der Waals surface area (Å²) in [5, 5.41) is 0. The maximum atomic E-state index is 2.39. The molecule has 4 unspecified atom stereocenters. The summed E-state index contributed by atoms with van der Waals surface area (Å²) in [5.41, 5.74) is 4.41. The minimum Gasteiger partial charge on any atom is -0.0654 e. The molecule has 5 aliphatic rings. The van der Waals surface area contributed by atoms with E-state index in [9.17, 15) is 0 Å². The Morgan fingerprint density at radius 3 is 1.63 bits per heavy atom. The normalized spacial score (nSPS) is 62.2. The van der Waals surface area contributed by atoms with Crippen molar-refractivity contribution in [3.63, 3.8) is 0 Å². The van der Waals surface area contributed by atoms with Gasteiger partial charge in [0.25, 0.3) is 0 Å². The Morgan fingerprint density at radius 1 is 0.632 bits per heavy atom. The first-order valence-electron chi connectivity index (χ1n) is 9.11. The van der Waals surface area contributed by atoms with Gasteiger partial charge in [-0.15, -0.1) is 0 Å². The van der Waals surface area contributed by atoms with Crippen molar-refractivity contribution in [1.29, 1.82) is 0 Å². The van der Waals surface area contributed by atoms with Gasteiger partial charge >= 0.3 is 0 Å². The summed E-state index contributed by atoms with van der Waals surface area (Å²) in [6, 6.07) is 0. The van der Waals surface area contributed by atoms with E-state index in [0.717, 1.165) is 27.1 Å². The molecule has 0 amide bonds. The molecular weight excluding hydrogens is 228 g/mol. The van der Waals surface area contributed by atoms with E-state index in [0.29, 0.717) is 0 Å². The molecule has 0 saturated heterocycles. The minimum absolute atomic E-state index is 0.854. The summed E-state index contributed by atoms with van der Waals surface area (Å²) in [5.74, 6) is 0. The van der Waals surface area contributed by atoms with Crippen molar-refractivity contribution in [1.82, 2.24) is 0 Å². The van der Waals surface area contributed by atoms with Gasteiger partial charge in [0.05, 0.1) is 0 Å². The molecule has 19 heavy (non-hydrogen) atoms. The fraction of sp³-hybridized carbons (Fsp3) is 1.00. The van der Waals surface area contributed by atoms with Gasteiger partial charge < -0.3 is 0 Å². The molecule has 5 fully saturated rings. The van der Waals surface area contributed by atoms with E-state index in [1.54, 1.807) is 51.4 Å². The quantitative estimate of drug-likeness (QED) is 0.572. The lowest BCUT2D eigenvalue weighted by molar-refractivity contribution is -0.188. The lowest BCUT2D eigenvalue weighted by atomic mass is 9.37. The van der Waals surface area contributed by atoms with Gasteiger partial charge in [-0.3, -0.25) is 0 Å². The highest BCUT2D eigenvalue weighted by atomic mass is 15.0. The zero-order chi connectivity index (χ0) is 13.0. The lowest BCUT2D eigenvalue weighted by Crippen LogP contribution is -2.60. The molecule has 0 aromatic rings. The summed E-state index contributed by atoms with van der Waals surface area (Å²) in [4.78, 5) is 0. The van der Waals surface area contributed by atoms with Crippen LogP contribution in [0, 0.1) is 27.1 Å². The Hall–Kier alpha value is 0. The average molecular weight is 258 g/mol. The Bertz CT molecular complexity index is 411. The summed E-state index contributed by atoms with van der Waals surface area (Å²) in [6.45, 7) is 4.78. The Morgan fingerprint density at radius 2 is 1.16 bits per heavy atom. The third kappa shape index (κ3) is 0.914. The second-order valence-electron chi connectivity index (χ2n) is 9.47. The highest BCUT2D eigenvalue weighted by molar-refractivity contribution is 5.45. The predicted octanol–water partition coefficient (Wildman–Crippen LogP) is 5.71. The molecular formula is C19H30. The van der Waals surface area contributed by atoms with Gasteiger partial charge in [-0.05, 0) is 78.4 Å². The maximum absolute atomic E-state index is 2.39. The Labute approximate surface area is 118 Å². The molecule has 0 aromatic heterocycles. The SMILES string of the molecule is CCCCC12CC34CC35CC(CCCC)(C1)C2(C4)C5. The molecule has 106 valence electrons. The van der Waals surface area contributed by atoms with Crippen LogP contribution in [0.4, 0.5) is 0 Å². The molecule has 0 aliphatic heterocycles. The summed E-state index contributed by atoms with van der Waals surface area (Å²) < 4.78 is 0. The molecule has 0 heterocycles. The molecule has 3 bridgehead atoms. The van der Waals surface area contributed by atoms with Crippen LogP contribution in [0.1, 0.15) is 90.9 Å². The van der Waals surface area contributed by atoms with E-state index < -0.39 is 0 Å². The van der Waals surface area contributed by atoms with Gasteiger partial charge in [0, 0.05) is 0 Å². The zero-order valence-corrected chi connectivity index (χ0v) is 13.0. The number of hydrogen-bond donors (Lipinski definition) is 0. The Kier molecular flexibility index (Phi) is 1.81. The second-order valence-corrected chi connectivity index (χ2v) is 9.47. The first kappa shape index (κ1) is 11.6. The first-order valence-corrected chi connectivity index (χ1v) is 9.11. The number of hydrogen-bond acceptors (Lipinski definition) is 0. The van der Waals surface area contributed by atoms with Crippen LogP contribution in [-0.4, -0.2) is 0 Å². The topological polar surface area (TPSA) is 0 Å². The molecule has 5 saturated carbocycles. The molecule has 4 atom stereocenters. The standard InChI is InChI=1S/C19H30/c1-3-5-7-15-9-16(8-6-4-2)11-18-12-17(18,10-15)13-19(15,16)14-18/h3-14H2,1-2H3. The van der Waals surface area contributed by atoms with Crippen molar-refractivity contribution >= 4 is 0 Å². The van der Waals surface area contributed by atoms with Gasteiger partial charge in [0.2, 0.25) is 0 Å². The van der Waals surface area contributed by atoms with Gasteiger partial charge in [-0.1, -0.05) is 39.5 Å². The van der Waals surface area contributed by atoms with Gasteiger partial charge in [0.15, 0.2) is 0 Å².